The minimum atomic E-state index is 0.0674. The normalized spacial score (nSPS) is 14.5. The van der Waals surface area contributed by atoms with Gasteiger partial charge >= 0.3 is 0 Å². The van der Waals surface area contributed by atoms with Crippen LogP contribution in [0, 0.1) is 5.92 Å². The Hall–Kier alpha value is -1.73. The van der Waals surface area contributed by atoms with Gasteiger partial charge in [0.05, 0.1) is 5.69 Å². The first-order valence-corrected chi connectivity index (χ1v) is 8.24. The van der Waals surface area contributed by atoms with E-state index in [-0.39, 0.29) is 11.8 Å². The Balaban J connectivity index is 1.72. The zero-order valence-electron chi connectivity index (χ0n) is 10.9. The highest BCUT2D eigenvalue weighted by Crippen LogP contribution is 2.37. The molecule has 1 aliphatic carbocycles. The van der Waals surface area contributed by atoms with Crippen molar-refractivity contribution in [3.05, 3.63) is 28.7 Å². The molecule has 1 saturated carbocycles. The first kappa shape index (κ1) is 13.0. The fourth-order valence-electron chi connectivity index (χ4n) is 2.16. The molecule has 0 aliphatic heterocycles. The van der Waals surface area contributed by atoms with E-state index in [1.54, 1.807) is 0 Å². The summed E-state index contributed by atoms with van der Waals surface area (Å²) in [7, 11) is 0. The molecule has 0 radical (unpaired) electrons. The Morgan fingerprint density at radius 3 is 2.95 bits per heavy atom. The van der Waals surface area contributed by atoms with Crippen LogP contribution in [0.2, 0.25) is 0 Å². The Labute approximate surface area is 132 Å². The van der Waals surface area contributed by atoms with Crippen molar-refractivity contribution in [3.8, 4) is 11.3 Å². The number of rotatable bonds is 3. The van der Waals surface area contributed by atoms with Gasteiger partial charge in [-0.05, 0) is 18.9 Å². The summed E-state index contributed by atoms with van der Waals surface area (Å²) in [5, 5.41) is 10.7. The van der Waals surface area contributed by atoms with Crippen molar-refractivity contribution in [2.45, 2.75) is 12.8 Å². The molecule has 5 nitrogen and oxygen atoms in total. The second-order valence-electron chi connectivity index (χ2n) is 5.01. The number of nitrogens with zero attached hydrogens (tertiary/aromatic N) is 2. The number of H-pyrrole nitrogens is 1. The second kappa shape index (κ2) is 4.92. The standard InChI is InChI=1S/C14H11BrN4OS/c15-9-4-2-1-3-8(9)10-11-12(19-18-10)16-14(21-11)17-13(20)7-5-6-7/h1-4,7H,5-6H2,(H2,16,17,18,19,20). The lowest BCUT2D eigenvalue weighted by Crippen LogP contribution is -2.12. The van der Waals surface area contributed by atoms with Gasteiger partial charge in [-0.15, -0.1) is 0 Å². The monoisotopic (exact) mass is 362 g/mol. The molecule has 0 bridgehead atoms. The van der Waals surface area contributed by atoms with Crippen LogP contribution in [-0.4, -0.2) is 21.1 Å². The molecule has 1 aromatic carbocycles. The quantitative estimate of drug-likeness (QED) is 0.744. The van der Waals surface area contributed by atoms with Crippen molar-refractivity contribution in [1.29, 1.82) is 0 Å². The summed E-state index contributed by atoms with van der Waals surface area (Å²) < 4.78 is 1.94. The molecule has 2 heterocycles. The Bertz CT molecular complexity index is 836. The van der Waals surface area contributed by atoms with Crippen molar-refractivity contribution in [2.24, 2.45) is 5.92 Å². The molecule has 1 aliphatic rings. The lowest BCUT2D eigenvalue weighted by Gasteiger charge is -2.00. The summed E-state index contributed by atoms with van der Waals surface area (Å²) in [6.07, 6.45) is 1.97. The van der Waals surface area contributed by atoms with Gasteiger partial charge in [-0.1, -0.05) is 45.5 Å². The maximum atomic E-state index is 11.8. The molecule has 0 saturated heterocycles. The highest BCUT2D eigenvalue weighted by molar-refractivity contribution is 9.10. The van der Waals surface area contributed by atoms with Crippen LogP contribution >= 0.6 is 27.3 Å². The zero-order valence-corrected chi connectivity index (χ0v) is 13.3. The van der Waals surface area contributed by atoms with Gasteiger partial charge < -0.3 is 5.32 Å². The number of fused-ring (bicyclic) bond motifs is 1. The Kier molecular flexibility index (Phi) is 3.04. The van der Waals surface area contributed by atoms with E-state index in [1.165, 1.54) is 11.3 Å². The fraction of sp³-hybridized carbons (Fsp3) is 0.214. The predicted molar refractivity (Wildman–Crippen MR) is 86.3 cm³/mol. The zero-order chi connectivity index (χ0) is 14.4. The summed E-state index contributed by atoms with van der Waals surface area (Å²) in [6, 6.07) is 7.94. The molecule has 3 aromatic rings. The van der Waals surface area contributed by atoms with Crippen LogP contribution in [0.4, 0.5) is 5.13 Å². The molecule has 106 valence electrons. The Morgan fingerprint density at radius 2 is 2.19 bits per heavy atom. The molecule has 21 heavy (non-hydrogen) atoms. The van der Waals surface area contributed by atoms with Crippen molar-refractivity contribution in [2.75, 3.05) is 5.32 Å². The van der Waals surface area contributed by atoms with Crippen LogP contribution in [0.5, 0.6) is 0 Å². The van der Waals surface area contributed by atoms with E-state index >= 15 is 0 Å². The highest BCUT2D eigenvalue weighted by Gasteiger charge is 2.30. The lowest BCUT2D eigenvalue weighted by molar-refractivity contribution is -0.117. The molecule has 1 amide bonds. The number of aromatic amines is 1. The second-order valence-corrected chi connectivity index (χ2v) is 6.87. The molecular formula is C14H11BrN4OS. The number of thiazole rings is 1. The minimum absolute atomic E-state index is 0.0674. The van der Waals surface area contributed by atoms with E-state index < -0.39 is 0 Å². The summed E-state index contributed by atoms with van der Waals surface area (Å²) in [5.41, 5.74) is 2.59. The number of amides is 1. The van der Waals surface area contributed by atoms with Crippen molar-refractivity contribution in [3.63, 3.8) is 0 Å². The van der Waals surface area contributed by atoms with Gasteiger partial charge in [-0.3, -0.25) is 9.89 Å². The molecule has 2 aromatic heterocycles. The molecule has 0 spiro atoms. The third kappa shape index (κ3) is 2.36. The predicted octanol–water partition coefficient (Wildman–Crippen LogP) is 3.80. The van der Waals surface area contributed by atoms with Gasteiger partial charge in [0.2, 0.25) is 5.91 Å². The van der Waals surface area contributed by atoms with Crippen LogP contribution in [0.15, 0.2) is 28.7 Å². The summed E-state index contributed by atoms with van der Waals surface area (Å²) in [5.74, 6) is 0.239. The topological polar surface area (TPSA) is 70.7 Å². The smallest absolute Gasteiger partial charge is 0.229 e. The largest absolute Gasteiger partial charge is 0.302 e. The van der Waals surface area contributed by atoms with E-state index in [0.29, 0.717) is 10.8 Å². The first-order valence-electron chi connectivity index (χ1n) is 6.63. The van der Waals surface area contributed by atoms with Crippen molar-refractivity contribution >= 4 is 48.7 Å². The number of carbonyl (C=O) groups excluding carboxylic acids is 1. The van der Waals surface area contributed by atoms with E-state index in [4.69, 9.17) is 0 Å². The highest BCUT2D eigenvalue weighted by atomic mass is 79.9. The number of aromatic nitrogens is 3. The minimum Gasteiger partial charge on any atom is -0.302 e. The van der Waals surface area contributed by atoms with Gasteiger partial charge in [0.15, 0.2) is 10.8 Å². The van der Waals surface area contributed by atoms with Crippen LogP contribution in [0.3, 0.4) is 0 Å². The number of anilines is 1. The first-order chi connectivity index (χ1) is 10.2. The van der Waals surface area contributed by atoms with Gasteiger partial charge in [-0.25, -0.2) is 0 Å². The van der Waals surface area contributed by atoms with Gasteiger partial charge in [0.1, 0.15) is 4.70 Å². The number of hydrogen-bond donors (Lipinski definition) is 2. The van der Waals surface area contributed by atoms with E-state index in [0.717, 1.165) is 33.3 Å². The third-order valence-corrected chi connectivity index (χ3v) is 5.10. The van der Waals surface area contributed by atoms with Gasteiger partial charge in [-0.2, -0.15) is 10.1 Å². The maximum absolute atomic E-state index is 11.8. The number of benzene rings is 1. The van der Waals surface area contributed by atoms with Gasteiger partial charge in [0.25, 0.3) is 0 Å². The Morgan fingerprint density at radius 1 is 1.38 bits per heavy atom. The average molecular weight is 363 g/mol. The average Bonchev–Trinajstić information content (AvgIpc) is 3.15. The van der Waals surface area contributed by atoms with Crippen molar-refractivity contribution < 1.29 is 4.79 Å². The molecule has 4 rings (SSSR count). The SMILES string of the molecule is O=C(Nc1nc2n[nH]c(-c3ccccc3Br)c2s1)C1CC1. The van der Waals surface area contributed by atoms with Crippen LogP contribution in [-0.2, 0) is 4.79 Å². The molecule has 0 unspecified atom stereocenters. The fourth-order valence-corrected chi connectivity index (χ4v) is 3.56. The summed E-state index contributed by atoms with van der Waals surface area (Å²) in [6.45, 7) is 0. The lowest BCUT2D eigenvalue weighted by atomic mass is 10.1. The summed E-state index contributed by atoms with van der Waals surface area (Å²) >= 11 is 4.99. The molecule has 7 heteroatoms. The van der Waals surface area contributed by atoms with E-state index in [1.807, 2.05) is 24.3 Å². The van der Waals surface area contributed by atoms with Gasteiger partial charge in [0, 0.05) is 16.0 Å². The maximum Gasteiger partial charge on any atom is 0.229 e. The third-order valence-electron chi connectivity index (χ3n) is 3.43. The van der Waals surface area contributed by atoms with Crippen LogP contribution in [0.1, 0.15) is 12.8 Å². The molecule has 0 atom stereocenters. The number of halogens is 1. The molecule has 2 N–H and O–H groups in total. The number of hydrogen-bond acceptors (Lipinski definition) is 4. The van der Waals surface area contributed by atoms with Crippen molar-refractivity contribution in [1.82, 2.24) is 15.2 Å². The number of nitrogens with one attached hydrogen (secondary N) is 2. The van der Waals surface area contributed by atoms with Crippen LogP contribution in [0.25, 0.3) is 21.6 Å². The number of carbonyl (C=O) groups is 1. The van der Waals surface area contributed by atoms with Crippen LogP contribution < -0.4 is 5.32 Å². The molecular weight excluding hydrogens is 352 g/mol. The summed E-state index contributed by atoms with van der Waals surface area (Å²) in [4.78, 5) is 16.2. The molecule has 1 fully saturated rings. The van der Waals surface area contributed by atoms with E-state index in [2.05, 4.69) is 36.4 Å². The van der Waals surface area contributed by atoms with E-state index in [9.17, 15) is 4.79 Å².